The van der Waals surface area contributed by atoms with Gasteiger partial charge in [-0.1, -0.05) is 13.0 Å². The molecule has 1 unspecified atom stereocenters. The Morgan fingerprint density at radius 1 is 1.32 bits per heavy atom. The lowest BCUT2D eigenvalue weighted by atomic mass is 9.79. The topological polar surface area (TPSA) is 53.9 Å². The van der Waals surface area contributed by atoms with Gasteiger partial charge in [0.15, 0.2) is 0 Å². The summed E-state index contributed by atoms with van der Waals surface area (Å²) in [5.74, 6) is 0.851. The molecule has 0 radical (unpaired) electrons. The van der Waals surface area contributed by atoms with Gasteiger partial charge in [-0.2, -0.15) is 5.10 Å². The second-order valence-corrected chi connectivity index (χ2v) is 8.18. The van der Waals surface area contributed by atoms with Crippen molar-refractivity contribution >= 4 is 17.8 Å². The summed E-state index contributed by atoms with van der Waals surface area (Å²) >= 11 is 0. The first-order valence-electron chi connectivity index (χ1n) is 9.59. The first kappa shape index (κ1) is 19.9. The molecule has 1 aliphatic rings. The van der Waals surface area contributed by atoms with Gasteiger partial charge in [-0.25, -0.2) is 5.43 Å². The molecular formula is C23H29N3O2. The van der Waals surface area contributed by atoms with Crippen LogP contribution in [0.3, 0.4) is 0 Å². The largest absolute Gasteiger partial charge is 0.497 e. The minimum Gasteiger partial charge on any atom is -0.497 e. The van der Waals surface area contributed by atoms with E-state index in [2.05, 4.69) is 62.3 Å². The Morgan fingerprint density at radius 3 is 2.79 bits per heavy atom. The number of rotatable bonds is 4. The van der Waals surface area contributed by atoms with Crippen molar-refractivity contribution in [3.63, 3.8) is 0 Å². The van der Waals surface area contributed by atoms with Crippen molar-refractivity contribution in [2.45, 2.75) is 45.6 Å². The van der Waals surface area contributed by atoms with Crippen molar-refractivity contribution < 1.29 is 9.53 Å². The zero-order valence-electron chi connectivity index (χ0n) is 17.5. The number of fused-ring (bicyclic) bond motifs is 1. The van der Waals surface area contributed by atoms with Crippen molar-refractivity contribution in [2.24, 2.45) is 5.10 Å². The molecule has 0 saturated heterocycles. The van der Waals surface area contributed by atoms with Crippen LogP contribution in [0.5, 0.6) is 5.75 Å². The van der Waals surface area contributed by atoms with Gasteiger partial charge in [-0.05, 0) is 80.1 Å². The van der Waals surface area contributed by atoms with Gasteiger partial charge in [0, 0.05) is 23.8 Å². The van der Waals surface area contributed by atoms with Gasteiger partial charge in [0.2, 0.25) is 0 Å². The molecule has 0 aliphatic carbocycles. The van der Waals surface area contributed by atoms with E-state index in [1.165, 1.54) is 11.3 Å². The summed E-state index contributed by atoms with van der Waals surface area (Å²) in [5.41, 5.74) is 8.01. The molecule has 0 saturated carbocycles. The van der Waals surface area contributed by atoms with E-state index in [1.807, 2.05) is 0 Å². The fourth-order valence-corrected chi connectivity index (χ4v) is 3.86. The van der Waals surface area contributed by atoms with Crippen LogP contribution in [-0.2, 0) is 0 Å². The van der Waals surface area contributed by atoms with E-state index in [0.717, 1.165) is 17.5 Å². The molecule has 0 aromatic heterocycles. The number of benzene rings is 2. The van der Waals surface area contributed by atoms with Crippen molar-refractivity contribution in [1.82, 2.24) is 5.43 Å². The average molecular weight is 380 g/mol. The number of hydrogen-bond acceptors (Lipinski definition) is 4. The van der Waals surface area contributed by atoms with Crippen LogP contribution >= 0.6 is 0 Å². The molecule has 0 spiro atoms. The Hall–Kier alpha value is -2.82. The normalized spacial score (nSPS) is 18.1. The number of ether oxygens (including phenoxy) is 1. The Kier molecular flexibility index (Phi) is 5.45. The van der Waals surface area contributed by atoms with Crippen LogP contribution in [0.2, 0.25) is 0 Å². The van der Waals surface area contributed by atoms with E-state index < -0.39 is 0 Å². The number of carbonyl (C=O) groups is 1. The van der Waals surface area contributed by atoms with Crippen molar-refractivity contribution in [1.29, 1.82) is 0 Å². The third-order valence-electron chi connectivity index (χ3n) is 5.72. The first-order valence-corrected chi connectivity index (χ1v) is 9.59. The van der Waals surface area contributed by atoms with Crippen molar-refractivity contribution in [2.75, 3.05) is 19.1 Å². The average Bonchev–Trinajstić information content (AvgIpc) is 2.66. The number of methoxy groups -OCH3 is 1. The number of carbonyl (C=O) groups excluding carboxylic acids is 1. The molecule has 5 heteroatoms. The Balaban J connectivity index is 1.79. The van der Waals surface area contributed by atoms with Gasteiger partial charge in [0.1, 0.15) is 5.75 Å². The molecule has 1 aliphatic heterocycles. The summed E-state index contributed by atoms with van der Waals surface area (Å²) in [7, 11) is 3.74. The van der Waals surface area contributed by atoms with Crippen LogP contribution < -0.4 is 15.1 Å². The summed E-state index contributed by atoms with van der Waals surface area (Å²) in [6.45, 7) is 8.91. The lowest BCUT2D eigenvalue weighted by molar-refractivity contribution is 0.0955. The summed E-state index contributed by atoms with van der Waals surface area (Å²) in [6.07, 6.45) is 2.82. The van der Waals surface area contributed by atoms with E-state index in [4.69, 9.17) is 4.74 Å². The van der Waals surface area contributed by atoms with Gasteiger partial charge >= 0.3 is 0 Å². The lowest BCUT2D eigenvalue weighted by Crippen LogP contribution is -2.45. The number of anilines is 1. The quantitative estimate of drug-likeness (QED) is 0.629. The van der Waals surface area contributed by atoms with E-state index in [-0.39, 0.29) is 11.4 Å². The molecule has 2 aromatic carbocycles. The number of nitrogens with one attached hydrogen (secondary N) is 1. The molecule has 2 aromatic rings. The van der Waals surface area contributed by atoms with Crippen LogP contribution in [-0.4, -0.2) is 31.8 Å². The molecule has 28 heavy (non-hydrogen) atoms. The van der Waals surface area contributed by atoms with Gasteiger partial charge in [0.25, 0.3) is 5.91 Å². The maximum absolute atomic E-state index is 12.3. The number of amides is 1. The number of aryl methyl sites for hydroxylation is 1. The molecule has 0 bridgehead atoms. The molecule has 1 atom stereocenters. The highest BCUT2D eigenvalue weighted by molar-refractivity contribution is 5.95. The predicted molar refractivity (Wildman–Crippen MR) is 115 cm³/mol. The lowest BCUT2D eigenvalue weighted by Gasteiger charge is -2.45. The molecule has 0 fully saturated rings. The molecule has 3 rings (SSSR count). The second kappa shape index (κ2) is 7.66. The van der Waals surface area contributed by atoms with Crippen LogP contribution in [0.1, 0.15) is 60.2 Å². The minimum absolute atomic E-state index is 0.138. The first-order chi connectivity index (χ1) is 13.2. The highest BCUT2D eigenvalue weighted by atomic mass is 16.5. The molecule has 1 N–H and O–H groups in total. The number of hydrogen-bond donors (Lipinski definition) is 1. The van der Waals surface area contributed by atoms with Gasteiger partial charge < -0.3 is 9.64 Å². The van der Waals surface area contributed by atoms with Gasteiger partial charge in [0.05, 0.1) is 13.3 Å². The van der Waals surface area contributed by atoms with Crippen LogP contribution in [0.15, 0.2) is 41.5 Å². The van der Waals surface area contributed by atoms with E-state index in [1.54, 1.807) is 37.6 Å². The third-order valence-corrected chi connectivity index (χ3v) is 5.72. The zero-order chi connectivity index (χ0) is 20.5. The highest BCUT2D eigenvalue weighted by Gasteiger charge is 2.34. The molecule has 5 nitrogen and oxygen atoms in total. The second-order valence-electron chi connectivity index (χ2n) is 8.18. The van der Waals surface area contributed by atoms with Crippen LogP contribution in [0.25, 0.3) is 0 Å². The Bertz CT molecular complexity index is 918. The van der Waals surface area contributed by atoms with Crippen LogP contribution in [0, 0.1) is 6.92 Å². The van der Waals surface area contributed by atoms with Crippen molar-refractivity contribution in [3.05, 3.63) is 58.7 Å². The van der Waals surface area contributed by atoms with E-state index in [9.17, 15) is 4.79 Å². The Morgan fingerprint density at radius 2 is 2.07 bits per heavy atom. The zero-order valence-corrected chi connectivity index (χ0v) is 17.5. The van der Waals surface area contributed by atoms with Gasteiger partial charge in [-0.3, -0.25) is 4.79 Å². The fraction of sp³-hybridized carbons (Fsp3) is 0.391. The number of nitrogens with zero attached hydrogens (tertiary/aromatic N) is 2. The van der Waals surface area contributed by atoms with E-state index >= 15 is 0 Å². The number of hydrazone groups is 1. The smallest absolute Gasteiger partial charge is 0.271 e. The summed E-state index contributed by atoms with van der Waals surface area (Å²) in [4.78, 5) is 14.7. The summed E-state index contributed by atoms with van der Waals surface area (Å²) in [6, 6.07) is 11.4. The highest BCUT2D eigenvalue weighted by Crippen LogP contribution is 2.43. The summed E-state index contributed by atoms with van der Waals surface area (Å²) in [5, 5.41) is 4.18. The third kappa shape index (κ3) is 3.88. The SMILES string of the molecule is COc1cccc(C(=O)N/N=C\c2cc3c(cc2C)N(C)C(C)(C)CC3C)c1. The van der Waals surface area contributed by atoms with Crippen LogP contribution in [0.4, 0.5) is 5.69 Å². The maximum Gasteiger partial charge on any atom is 0.271 e. The molecule has 148 valence electrons. The van der Waals surface area contributed by atoms with Gasteiger partial charge in [-0.15, -0.1) is 0 Å². The monoisotopic (exact) mass is 379 g/mol. The minimum atomic E-state index is -0.263. The fourth-order valence-electron chi connectivity index (χ4n) is 3.86. The predicted octanol–water partition coefficient (Wildman–Crippen LogP) is 4.49. The molecule has 1 amide bonds. The van der Waals surface area contributed by atoms with Crippen molar-refractivity contribution in [3.8, 4) is 5.75 Å². The maximum atomic E-state index is 12.3. The molecular weight excluding hydrogens is 350 g/mol. The molecule has 1 heterocycles. The summed E-state index contributed by atoms with van der Waals surface area (Å²) < 4.78 is 5.16. The Labute approximate surface area is 167 Å². The standard InChI is InChI=1S/C23H29N3O2/c1-15-10-21-20(16(2)13-23(3,4)26(21)5)12-18(15)14-24-25-22(27)17-8-7-9-19(11-17)28-6/h7-12,14,16H,13H2,1-6H3,(H,25,27)/b24-14-. The van der Waals surface area contributed by atoms with E-state index in [0.29, 0.717) is 17.2 Å².